The van der Waals surface area contributed by atoms with E-state index in [1.54, 1.807) is 0 Å². The monoisotopic (exact) mass is 208 g/mol. The Bertz CT molecular complexity index is 171. The van der Waals surface area contributed by atoms with Crippen molar-refractivity contribution in [1.82, 2.24) is 0 Å². The second kappa shape index (κ2) is 3.60. The van der Waals surface area contributed by atoms with Gasteiger partial charge in [0.2, 0.25) is 0 Å². The molecule has 0 fully saturated rings. The average Bonchev–Trinajstić information content (AvgIpc) is 1.84. The molecule has 0 aliphatic carbocycles. The van der Waals surface area contributed by atoms with Crippen LogP contribution < -0.4 is 0 Å². The van der Waals surface area contributed by atoms with E-state index in [0.29, 0.717) is 0 Å². The van der Waals surface area contributed by atoms with E-state index in [2.05, 4.69) is 6.58 Å². The molecular formula is C6H6ClF5. The van der Waals surface area contributed by atoms with Gasteiger partial charge in [-0.05, 0) is 0 Å². The van der Waals surface area contributed by atoms with Crippen molar-refractivity contribution in [1.29, 1.82) is 0 Å². The summed E-state index contributed by atoms with van der Waals surface area (Å²) in [5.41, 5.74) is -0.334. The van der Waals surface area contributed by atoms with Crippen molar-refractivity contribution in [3.63, 3.8) is 0 Å². The number of hydrogen-bond donors (Lipinski definition) is 0. The van der Waals surface area contributed by atoms with E-state index in [1.807, 2.05) is 0 Å². The lowest BCUT2D eigenvalue weighted by atomic mass is 10.1. The third-order valence-corrected chi connectivity index (χ3v) is 1.45. The van der Waals surface area contributed by atoms with Gasteiger partial charge in [0, 0.05) is 12.3 Å². The molecule has 0 saturated heterocycles. The Kier molecular flexibility index (Phi) is 3.50. The van der Waals surface area contributed by atoms with Crippen LogP contribution in [0.2, 0.25) is 0 Å². The number of hydrogen-bond acceptors (Lipinski definition) is 0. The molecule has 0 spiro atoms. The zero-order chi connectivity index (χ0) is 9.99. The van der Waals surface area contributed by atoms with Gasteiger partial charge in [-0.1, -0.05) is 12.2 Å². The highest BCUT2D eigenvalue weighted by Gasteiger charge is 2.57. The third kappa shape index (κ3) is 2.97. The molecule has 12 heavy (non-hydrogen) atoms. The number of alkyl halides is 6. The van der Waals surface area contributed by atoms with Gasteiger partial charge in [-0.25, -0.2) is 0 Å². The summed E-state index contributed by atoms with van der Waals surface area (Å²) in [5.74, 6) is -5.12. The maximum atomic E-state index is 12.1. The summed E-state index contributed by atoms with van der Waals surface area (Å²) in [7, 11) is 0. The summed E-state index contributed by atoms with van der Waals surface area (Å²) in [5, 5.41) is 0. The SMILES string of the molecule is C=C(CCl)CC(F)(F)C(F)(F)F. The third-order valence-electron chi connectivity index (χ3n) is 1.08. The van der Waals surface area contributed by atoms with E-state index in [4.69, 9.17) is 11.6 Å². The molecule has 0 aliphatic heterocycles. The zero-order valence-electron chi connectivity index (χ0n) is 5.89. The zero-order valence-corrected chi connectivity index (χ0v) is 6.65. The van der Waals surface area contributed by atoms with Crippen LogP contribution in [0.1, 0.15) is 6.42 Å². The van der Waals surface area contributed by atoms with E-state index >= 15 is 0 Å². The van der Waals surface area contributed by atoms with Crippen LogP contribution in [-0.4, -0.2) is 18.0 Å². The minimum atomic E-state index is -5.53. The Labute approximate surface area is 71.0 Å². The second-order valence-corrected chi connectivity index (χ2v) is 2.53. The van der Waals surface area contributed by atoms with Gasteiger partial charge in [-0.2, -0.15) is 22.0 Å². The first-order valence-electron chi connectivity index (χ1n) is 2.88. The fourth-order valence-corrected chi connectivity index (χ4v) is 0.556. The van der Waals surface area contributed by atoms with Crippen LogP contribution in [0, 0.1) is 0 Å². The predicted molar refractivity (Wildman–Crippen MR) is 35.5 cm³/mol. The van der Waals surface area contributed by atoms with Crippen LogP contribution >= 0.6 is 11.6 Å². The van der Waals surface area contributed by atoms with Gasteiger partial charge in [0.15, 0.2) is 0 Å². The van der Waals surface area contributed by atoms with E-state index in [0.717, 1.165) is 0 Å². The van der Waals surface area contributed by atoms with Crippen LogP contribution in [-0.2, 0) is 0 Å². The number of allylic oxidation sites excluding steroid dienone is 1. The van der Waals surface area contributed by atoms with E-state index in [9.17, 15) is 22.0 Å². The van der Waals surface area contributed by atoms with Gasteiger partial charge in [0.05, 0.1) is 0 Å². The van der Waals surface area contributed by atoms with Crippen molar-refractivity contribution >= 4 is 11.6 Å². The summed E-state index contributed by atoms with van der Waals surface area (Å²) in [6.07, 6.45) is -6.97. The maximum absolute atomic E-state index is 12.1. The van der Waals surface area contributed by atoms with E-state index in [1.165, 1.54) is 0 Å². The van der Waals surface area contributed by atoms with Crippen LogP contribution in [0.5, 0.6) is 0 Å². The molecule has 0 aromatic rings. The molecule has 0 saturated carbocycles. The highest BCUT2D eigenvalue weighted by molar-refractivity contribution is 6.19. The highest BCUT2D eigenvalue weighted by Crippen LogP contribution is 2.39. The average molecular weight is 209 g/mol. The van der Waals surface area contributed by atoms with Gasteiger partial charge in [-0.3, -0.25) is 0 Å². The predicted octanol–water partition coefficient (Wildman–Crippen LogP) is 3.37. The fraction of sp³-hybridized carbons (Fsp3) is 0.667. The summed E-state index contributed by atoms with van der Waals surface area (Å²) < 4.78 is 58.7. The first-order chi connectivity index (χ1) is 5.20. The van der Waals surface area contributed by atoms with E-state index < -0.39 is 24.4 Å². The van der Waals surface area contributed by atoms with Gasteiger partial charge in [0.25, 0.3) is 0 Å². The standard InChI is InChI=1S/C6H6ClF5/c1-4(3-7)2-5(8,9)6(10,11)12/h1-3H2. The van der Waals surface area contributed by atoms with Crippen LogP contribution in [0.25, 0.3) is 0 Å². The molecule has 0 aromatic carbocycles. The number of rotatable bonds is 3. The Morgan fingerprint density at radius 3 is 1.83 bits per heavy atom. The van der Waals surface area contributed by atoms with Crippen LogP contribution in [0.15, 0.2) is 12.2 Å². The van der Waals surface area contributed by atoms with Crippen molar-refractivity contribution < 1.29 is 22.0 Å². The van der Waals surface area contributed by atoms with Gasteiger partial charge in [-0.15, -0.1) is 11.6 Å². The minimum absolute atomic E-state index is 0.334. The van der Waals surface area contributed by atoms with Crippen molar-refractivity contribution in [3.05, 3.63) is 12.2 Å². The Morgan fingerprint density at radius 1 is 1.17 bits per heavy atom. The molecule has 0 nitrogen and oxygen atoms in total. The van der Waals surface area contributed by atoms with Crippen molar-refractivity contribution in [3.8, 4) is 0 Å². The van der Waals surface area contributed by atoms with Crippen LogP contribution in [0.3, 0.4) is 0 Å². The molecule has 0 heterocycles. The van der Waals surface area contributed by atoms with Crippen molar-refractivity contribution in [2.24, 2.45) is 0 Å². The van der Waals surface area contributed by atoms with Crippen LogP contribution in [0.4, 0.5) is 22.0 Å². The smallest absolute Gasteiger partial charge is 0.196 e. The molecule has 72 valence electrons. The fourth-order valence-electron chi connectivity index (χ4n) is 0.461. The van der Waals surface area contributed by atoms with Gasteiger partial charge >= 0.3 is 12.1 Å². The summed E-state index contributed by atoms with van der Waals surface area (Å²) in [6.45, 7) is 2.96. The summed E-state index contributed by atoms with van der Waals surface area (Å²) >= 11 is 5.01. The minimum Gasteiger partial charge on any atom is -0.196 e. The van der Waals surface area contributed by atoms with Crippen molar-refractivity contribution in [2.75, 3.05) is 5.88 Å². The molecule has 0 N–H and O–H groups in total. The lowest BCUT2D eigenvalue weighted by Crippen LogP contribution is -2.36. The first-order valence-corrected chi connectivity index (χ1v) is 3.41. The molecular weight excluding hydrogens is 203 g/mol. The first kappa shape index (κ1) is 11.7. The molecule has 0 radical (unpaired) electrons. The molecule has 0 aliphatic rings. The lowest BCUT2D eigenvalue weighted by molar-refractivity contribution is -0.281. The molecule has 0 bridgehead atoms. The Hall–Kier alpha value is -0.320. The highest BCUT2D eigenvalue weighted by atomic mass is 35.5. The largest absolute Gasteiger partial charge is 0.453 e. The second-order valence-electron chi connectivity index (χ2n) is 2.26. The summed E-state index contributed by atoms with van der Waals surface area (Å²) in [6, 6.07) is 0. The number of halogens is 6. The molecule has 0 atom stereocenters. The molecule has 6 heteroatoms. The Balaban J connectivity index is 4.33. The molecule has 0 unspecified atom stereocenters. The quantitative estimate of drug-likeness (QED) is 0.379. The Morgan fingerprint density at radius 2 is 1.58 bits per heavy atom. The van der Waals surface area contributed by atoms with Gasteiger partial charge < -0.3 is 0 Å². The lowest BCUT2D eigenvalue weighted by Gasteiger charge is -2.19. The van der Waals surface area contributed by atoms with Gasteiger partial charge in [0.1, 0.15) is 0 Å². The maximum Gasteiger partial charge on any atom is 0.453 e. The normalized spacial score (nSPS) is 13.2. The molecule has 0 amide bonds. The van der Waals surface area contributed by atoms with E-state index in [-0.39, 0.29) is 5.57 Å². The topological polar surface area (TPSA) is 0 Å². The summed E-state index contributed by atoms with van der Waals surface area (Å²) in [4.78, 5) is 0. The van der Waals surface area contributed by atoms with Crippen molar-refractivity contribution in [2.45, 2.75) is 18.5 Å². The molecule has 0 aromatic heterocycles. The molecule has 0 rings (SSSR count).